The second-order valence-corrected chi connectivity index (χ2v) is 11.1. The number of nitrogens with zero attached hydrogens (tertiary/aromatic N) is 5. The Kier molecular flexibility index (Phi) is 6.26. The van der Waals surface area contributed by atoms with Crippen molar-refractivity contribution in [1.29, 1.82) is 0 Å². The fourth-order valence-corrected chi connectivity index (χ4v) is 4.22. The molecule has 0 N–H and O–H groups in total. The molecule has 36 heavy (non-hydrogen) atoms. The van der Waals surface area contributed by atoms with Gasteiger partial charge < -0.3 is 14.4 Å². The van der Waals surface area contributed by atoms with Crippen molar-refractivity contribution in [1.82, 2.24) is 24.6 Å². The van der Waals surface area contributed by atoms with Crippen molar-refractivity contribution < 1.29 is 23.5 Å². The van der Waals surface area contributed by atoms with Gasteiger partial charge in [0, 0.05) is 13.1 Å². The highest BCUT2D eigenvalue weighted by Crippen LogP contribution is 2.33. The van der Waals surface area contributed by atoms with Gasteiger partial charge in [0.05, 0.1) is 17.5 Å². The van der Waals surface area contributed by atoms with Crippen LogP contribution in [0.3, 0.4) is 0 Å². The molecule has 0 unspecified atom stereocenters. The van der Waals surface area contributed by atoms with Crippen molar-refractivity contribution in [3.63, 3.8) is 0 Å². The molecule has 3 heterocycles. The smallest absolute Gasteiger partial charge is 0.435 e. The molecule has 192 valence electrons. The predicted octanol–water partition coefficient (Wildman–Crippen LogP) is 5.33. The molecule has 4 rings (SSSR count). The maximum absolute atomic E-state index is 15.3. The highest BCUT2D eigenvalue weighted by Gasteiger charge is 2.29. The molecule has 0 fully saturated rings. The maximum atomic E-state index is 15.3. The van der Waals surface area contributed by atoms with Crippen molar-refractivity contribution in [2.45, 2.75) is 79.6 Å². The Bertz CT molecular complexity index is 1370. The van der Waals surface area contributed by atoms with Crippen molar-refractivity contribution in [3.05, 3.63) is 40.5 Å². The molecule has 9 nitrogen and oxygen atoms in total. The molecule has 1 amide bonds. The Morgan fingerprint density at radius 2 is 1.67 bits per heavy atom. The number of halogens is 1. The van der Waals surface area contributed by atoms with Crippen LogP contribution in [0.2, 0.25) is 0 Å². The number of aromatic nitrogens is 4. The zero-order chi connectivity index (χ0) is 26.6. The molecule has 0 saturated heterocycles. The zero-order valence-corrected chi connectivity index (χ0v) is 22.0. The molecule has 0 aliphatic carbocycles. The second kappa shape index (κ2) is 8.83. The van der Waals surface area contributed by atoms with Gasteiger partial charge in [-0.25, -0.2) is 23.9 Å². The van der Waals surface area contributed by atoms with Gasteiger partial charge >= 0.3 is 12.2 Å². The summed E-state index contributed by atoms with van der Waals surface area (Å²) in [5.41, 5.74) is 2.62. The van der Waals surface area contributed by atoms with E-state index in [2.05, 4.69) is 15.1 Å². The maximum Gasteiger partial charge on any atom is 0.435 e. The standard InChI is InChI=1S/C26H32FN5O4/c1-14-17-13-31(23(33)35-25(3,4)5)10-9-16(17)11-18(27)20(14)22-28-12-19-21(29-22)15(2)30-32(19)24(34)36-26(6,7)8/h11-12H,9-10,13H2,1-8H3. The average molecular weight is 498 g/mol. The summed E-state index contributed by atoms with van der Waals surface area (Å²) in [6.45, 7) is 15.0. The lowest BCUT2D eigenvalue weighted by Gasteiger charge is -2.32. The van der Waals surface area contributed by atoms with E-state index in [0.29, 0.717) is 41.8 Å². The summed E-state index contributed by atoms with van der Waals surface area (Å²) in [7, 11) is 0. The largest absolute Gasteiger partial charge is 0.444 e. The van der Waals surface area contributed by atoms with E-state index in [-0.39, 0.29) is 11.4 Å². The number of fused-ring (bicyclic) bond motifs is 2. The number of benzene rings is 1. The number of carbonyl (C=O) groups excluding carboxylic acids is 2. The molecule has 1 aliphatic heterocycles. The Hall–Kier alpha value is -3.56. The minimum atomic E-state index is -0.694. The van der Waals surface area contributed by atoms with Crippen LogP contribution in [0.4, 0.5) is 14.0 Å². The van der Waals surface area contributed by atoms with Gasteiger partial charge in [0.1, 0.15) is 28.1 Å². The molecule has 1 aliphatic rings. The number of carbonyl (C=O) groups is 2. The minimum absolute atomic E-state index is 0.182. The van der Waals surface area contributed by atoms with Gasteiger partial charge in [-0.2, -0.15) is 9.78 Å². The van der Waals surface area contributed by atoms with Crippen LogP contribution in [-0.4, -0.2) is 54.6 Å². The quantitative estimate of drug-likeness (QED) is 0.448. The Labute approximate surface area is 209 Å². The summed E-state index contributed by atoms with van der Waals surface area (Å²) in [4.78, 5) is 35.8. The van der Waals surface area contributed by atoms with E-state index in [1.54, 1.807) is 39.5 Å². The number of ether oxygens (including phenoxy) is 2. The lowest BCUT2D eigenvalue weighted by Crippen LogP contribution is -2.40. The second-order valence-electron chi connectivity index (χ2n) is 11.1. The van der Waals surface area contributed by atoms with Crippen LogP contribution in [0.5, 0.6) is 0 Å². The lowest BCUT2D eigenvalue weighted by molar-refractivity contribution is 0.0223. The summed E-state index contributed by atoms with van der Waals surface area (Å²) < 4.78 is 27.4. The van der Waals surface area contributed by atoms with E-state index in [1.165, 1.54) is 12.3 Å². The highest BCUT2D eigenvalue weighted by molar-refractivity contribution is 5.88. The SMILES string of the molecule is Cc1c2c(cc(F)c1-c1ncc3c(n1)c(C)nn3C(=O)OC(C)(C)C)CCN(C(=O)OC(C)(C)C)C2. The van der Waals surface area contributed by atoms with Gasteiger partial charge in [-0.05, 0) is 84.6 Å². The summed E-state index contributed by atoms with van der Waals surface area (Å²) in [6.07, 6.45) is 0.929. The first kappa shape index (κ1) is 25.5. The fourth-order valence-electron chi connectivity index (χ4n) is 4.22. The first-order chi connectivity index (χ1) is 16.6. The predicted molar refractivity (Wildman–Crippen MR) is 132 cm³/mol. The number of hydrogen-bond donors (Lipinski definition) is 0. The number of amides is 1. The van der Waals surface area contributed by atoms with Gasteiger partial charge in [-0.3, -0.25) is 0 Å². The number of rotatable bonds is 1. The van der Waals surface area contributed by atoms with Crippen LogP contribution in [0.15, 0.2) is 12.3 Å². The lowest BCUT2D eigenvalue weighted by atomic mass is 9.91. The Morgan fingerprint density at radius 3 is 2.31 bits per heavy atom. The normalized spacial score (nSPS) is 14.1. The van der Waals surface area contributed by atoms with E-state index in [4.69, 9.17) is 9.47 Å². The molecule has 0 bridgehead atoms. The first-order valence-electron chi connectivity index (χ1n) is 11.9. The summed E-state index contributed by atoms with van der Waals surface area (Å²) >= 11 is 0. The molecular formula is C26H32FN5O4. The Morgan fingerprint density at radius 1 is 1.03 bits per heavy atom. The first-order valence-corrected chi connectivity index (χ1v) is 11.9. The van der Waals surface area contributed by atoms with Crippen molar-refractivity contribution in [3.8, 4) is 11.4 Å². The summed E-state index contributed by atoms with van der Waals surface area (Å²) in [5.74, 6) is -0.255. The van der Waals surface area contributed by atoms with Crippen LogP contribution in [0, 0.1) is 19.7 Å². The van der Waals surface area contributed by atoms with E-state index in [0.717, 1.165) is 15.8 Å². The van der Waals surface area contributed by atoms with Gasteiger partial charge in [-0.1, -0.05) is 0 Å². The third-order valence-corrected chi connectivity index (χ3v) is 5.79. The van der Waals surface area contributed by atoms with E-state index < -0.39 is 29.2 Å². The summed E-state index contributed by atoms with van der Waals surface area (Å²) in [6, 6.07) is 1.49. The molecule has 10 heteroatoms. The topological polar surface area (TPSA) is 99.4 Å². The van der Waals surface area contributed by atoms with Crippen LogP contribution in [-0.2, 0) is 22.4 Å². The Balaban J connectivity index is 1.72. The third kappa shape index (κ3) is 5.03. The fraction of sp³-hybridized carbons (Fsp3) is 0.500. The van der Waals surface area contributed by atoms with Crippen molar-refractivity contribution in [2.75, 3.05) is 6.54 Å². The average Bonchev–Trinajstić information content (AvgIpc) is 3.07. The zero-order valence-electron chi connectivity index (χ0n) is 22.0. The molecule has 3 aromatic rings. The van der Waals surface area contributed by atoms with Gasteiger partial charge in [0.25, 0.3) is 0 Å². The van der Waals surface area contributed by atoms with Gasteiger partial charge in [0.15, 0.2) is 5.82 Å². The van der Waals surface area contributed by atoms with E-state index in [1.807, 2.05) is 20.8 Å². The highest BCUT2D eigenvalue weighted by atomic mass is 19.1. The van der Waals surface area contributed by atoms with Crippen LogP contribution < -0.4 is 0 Å². The van der Waals surface area contributed by atoms with E-state index >= 15 is 4.39 Å². The number of aryl methyl sites for hydroxylation is 1. The molecule has 0 spiro atoms. The van der Waals surface area contributed by atoms with Gasteiger partial charge in [0.2, 0.25) is 0 Å². The van der Waals surface area contributed by atoms with Crippen LogP contribution in [0.25, 0.3) is 22.4 Å². The van der Waals surface area contributed by atoms with Crippen LogP contribution in [0.1, 0.15) is 63.9 Å². The monoisotopic (exact) mass is 497 g/mol. The van der Waals surface area contributed by atoms with Gasteiger partial charge in [-0.15, -0.1) is 0 Å². The minimum Gasteiger partial charge on any atom is -0.444 e. The summed E-state index contributed by atoms with van der Waals surface area (Å²) in [5, 5.41) is 4.27. The van der Waals surface area contributed by atoms with Crippen molar-refractivity contribution in [2.24, 2.45) is 0 Å². The molecule has 0 atom stereocenters. The molecule has 1 aromatic carbocycles. The number of hydrogen-bond acceptors (Lipinski definition) is 7. The molecule has 2 aromatic heterocycles. The van der Waals surface area contributed by atoms with Crippen molar-refractivity contribution >= 4 is 23.2 Å². The van der Waals surface area contributed by atoms with Crippen LogP contribution >= 0.6 is 0 Å². The molecule has 0 radical (unpaired) electrons. The molecule has 0 saturated carbocycles. The third-order valence-electron chi connectivity index (χ3n) is 5.79. The van der Waals surface area contributed by atoms with E-state index in [9.17, 15) is 9.59 Å². The molecular weight excluding hydrogens is 465 g/mol.